The highest BCUT2D eigenvalue weighted by atomic mass is 16.5. The normalized spacial score (nSPS) is 11.0. The summed E-state index contributed by atoms with van der Waals surface area (Å²) in [5.41, 5.74) is 5.03. The molecule has 3 rings (SSSR count). The SMILES string of the molecule is Cc1cc(O)ccc1-c1nn(C)c(C=O)c1-c1c(C)noc1C. The van der Waals surface area contributed by atoms with E-state index in [2.05, 4.69) is 10.3 Å². The van der Waals surface area contributed by atoms with Gasteiger partial charge in [0.1, 0.15) is 22.9 Å². The summed E-state index contributed by atoms with van der Waals surface area (Å²) in [5.74, 6) is 0.827. The number of benzene rings is 1. The highest BCUT2D eigenvalue weighted by Crippen LogP contribution is 2.38. The van der Waals surface area contributed by atoms with Gasteiger partial charge >= 0.3 is 0 Å². The van der Waals surface area contributed by atoms with E-state index in [0.29, 0.717) is 28.4 Å². The Kier molecular flexibility index (Phi) is 3.52. The lowest BCUT2D eigenvalue weighted by Crippen LogP contribution is -1.97. The molecule has 0 aliphatic carbocycles. The van der Waals surface area contributed by atoms with Crippen molar-refractivity contribution in [3.8, 4) is 28.1 Å². The molecule has 0 bridgehead atoms. The molecule has 6 nitrogen and oxygen atoms in total. The van der Waals surface area contributed by atoms with Gasteiger partial charge in [0.25, 0.3) is 0 Å². The van der Waals surface area contributed by atoms with Gasteiger partial charge in [-0.2, -0.15) is 5.10 Å². The Morgan fingerprint density at radius 2 is 1.96 bits per heavy atom. The van der Waals surface area contributed by atoms with Crippen molar-refractivity contribution >= 4 is 6.29 Å². The Hall–Kier alpha value is -2.89. The summed E-state index contributed by atoms with van der Waals surface area (Å²) >= 11 is 0. The predicted octanol–water partition coefficient (Wildman–Crippen LogP) is 3.19. The monoisotopic (exact) mass is 311 g/mol. The molecule has 0 unspecified atom stereocenters. The summed E-state index contributed by atoms with van der Waals surface area (Å²) in [5, 5.41) is 18.1. The Bertz CT molecular complexity index is 887. The van der Waals surface area contributed by atoms with Gasteiger partial charge in [-0.05, 0) is 44.5 Å². The Balaban J connectivity index is 2.37. The second-order valence-electron chi connectivity index (χ2n) is 5.55. The van der Waals surface area contributed by atoms with E-state index in [9.17, 15) is 9.90 Å². The van der Waals surface area contributed by atoms with E-state index in [1.807, 2.05) is 20.8 Å². The van der Waals surface area contributed by atoms with E-state index in [1.165, 1.54) is 0 Å². The molecular weight excluding hydrogens is 294 g/mol. The van der Waals surface area contributed by atoms with Crippen LogP contribution in [0, 0.1) is 20.8 Å². The Labute approximate surface area is 133 Å². The molecule has 2 heterocycles. The van der Waals surface area contributed by atoms with Crippen molar-refractivity contribution in [2.75, 3.05) is 0 Å². The largest absolute Gasteiger partial charge is 0.508 e. The maximum absolute atomic E-state index is 11.6. The first-order valence-electron chi connectivity index (χ1n) is 7.19. The van der Waals surface area contributed by atoms with Crippen molar-refractivity contribution in [2.24, 2.45) is 7.05 Å². The average Bonchev–Trinajstić information content (AvgIpc) is 2.98. The predicted molar refractivity (Wildman–Crippen MR) is 85.4 cm³/mol. The molecule has 0 atom stereocenters. The minimum Gasteiger partial charge on any atom is -0.508 e. The molecule has 3 aromatic rings. The molecule has 0 aliphatic heterocycles. The van der Waals surface area contributed by atoms with Crippen LogP contribution in [0.2, 0.25) is 0 Å². The minimum atomic E-state index is 0.191. The average molecular weight is 311 g/mol. The van der Waals surface area contributed by atoms with E-state index in [0.717, 1.165) is 23.0 Å². The third kappa shape index (κ3) is 2.32. The van der Waals surface area contributed by atoms with Gasteiger partial charge in [0.2, 0.25) is 0 Å². The fourth-order valence-electron chi connectivity index (χ4n) is 2.86. The number of aryl methyl sites for hydroxylation is 4. The number of phenols is 1. The van der Waals surface area contributed by atoms with Gasteiger partial charge < -0.3 is 9.63 Å². The Morgan fingerprint density at radius 1 is 1.22 bits per heavy atom. The zero-order valence-corrected chi connectivity index (χ0v) is 13.4. The van der Waals surface area contributed by atoms with Crippen molar-refractivity contribution in [1.82, 2.24) is 14.9 Å². The molecule has 0 saturated heterocycles. The molecule has 0 aliphatic rings. The van der Waals surface area contributed by atoms with Gasteiger partial charge in [-0.15, -0.1) is 0 Å². The second-order valence-corrected chi connectivity index (χ2v) is 5.55. The highest BCUT2D eigenvalue weighted by Gasteiger charge is 2.25. The Morgan fingerprint density at radius 3 is 2.52 bits per heavy atom. The smallest absolute Gasteiger partial charge is 0.168 e. The maximum Gasteiger partial charge on any atom is 0.168 e. The van der Waals surface area contributed by atoms with E-state index >= 15 is 0 Å². The molecule has 1 aromatic carbocycles. The number of rotatable bonds is 3. The summed E-state index contributed by atoms with van der Waals surface area (Å²) < 4.78 is 6.81. The van der Waals surface area contributed by atoms with Crippen LogP contribution in [-0.2, 0) is 7.05 Å². The molecule has 0 spiro atoms. The first kappa shape index (κ1) is 15.0. The number of hydrogen-bond acceptors (Lipinski definition) is 5. The lowest BCUT2D eigenvalue weighted by Gasteiger charge is -2.07. The number of aldehydes is 1. The van der Waals surface area contributed by atoms with Crippen LogP contribution in [0.5, 0.6) is 5.75 Å². The zero-order chi connectivity index (χ0) is 16.7. The molecule has 0 amide bonds. The number of aromatic hydroxyl groups is 1. The van der Waals surface area contributed by atoms with Gasteiger partial charge in [0, 0.05) is 18.2 Å². The van der Waals surface area contributed by atoms with Crippen LogP contribution < -0.4 is 0 Å². The number of hydrogen-bond donors (Lipinski definition) is 1. The molecule has 6 heteroatoms. The number of aromatic nitrogens is 3. The topological polar surface area (TPSA) is 81.2 Å². The van der Waals surface area contributed by atoms with Gasteiger partial charge in [0.15, 0.2) is 6.29 Å². The van der Waals surface area contributed by atoms with Crippen molar-refractivity contribution in [1.29, 1.82) is 0 Å². The van der Waals surface area contributed by atoms with Crippen LogP contribution in [0.1, 0.15) is 27.5 Å². The first-order chi connectivity index (χ1) is 10.9. The fraction of sp³-hybridized carbons (Fsp3) is 0.235. The van der Waals surface area contributed by atoms with Crippen LogP contribution in [0.15, 0.2) is 22.7 Å². The first-order valence-corrected chi connectivity index (χ1v) is 7.19. The lowest BCUT2D eigenvalue weighted by molar-refractivity contribution is 0.111. The van der Waals surface area contributed by atoms with Crippen LogP contribution >= 0.6 is 0 Å². The van der Waals surface area contributed by atoms with E-state index < -0.39 is 0 Å². The third-order valence-electron chi connectivity index (χ3n) is 3.95. The fourth-order valence-corrected chi connectivity index (χ4v) is 2.86. The van der Waals surface area contributed by atoms with E-state index in [1.54, 1.807) is 29.9 Å². The van der Waals surface area contributed by atoms with Crippen LogP contribution in [0.3, 0.4) is 0 Å². The summed E-state index contributed by atoms with van der Waals surface area (Å²) in [4.78, 5) is 11.6. The molecule has 0 radical (unpaired) electrons. The standard InChI is InChI=1S/C17H17N3O3/c1-9-7-12(22)5-6-13(9)17-16(14(8-21)20(4)18-17)15-10(2)19-23-11(15)3/h5-8,22H,1-4H3. The molecular formula is C17H17N3O3. The van der Waals surface area contributed by atoms with Crippen molar-refractivity contribution in [2.45, 2.75) is 20.8 Å². The van der Waals surface area contributed by atoms with Gasteiger partial charge in [-0.25, -0.2) is 0 Å². The summed E-state index contributed by atoms with van der Waals surface area (Å²) in [6, 6.07) is 5.07. The van der Waals surface area contributed by atoms with Gasteiger partial charge in [0.05, 0.1) is 11.3 Å². The maximum atomic E-state index is 11.6. The second kappa shape index (κ2) is 5.39. The van der Waals surface area contributed by atoms with E-state index in [4.69, 9.17) is 4.52 Å². The van der Waals surface area contributed by atoms with Crippen LogP contribution in [0.25, 0.3) is 22.4 Å². The molecule has 0 saturated carbocycles. The van der Waals surface area contributed by atoms with Crippen molar-refractivity contribution in [3.63, 3.8) is 0 Å². The number of carbonyl (C=O) groups is 1. The molecule has 0 fully saturated rings. The molecule has 23 heavy (non-hydrogen) atoms. The summed E-state index contributed by atoms with van der Waals surface area (Å²) in [7, 11) is 1.73. The third-order valence-corrected chi connectivity index (χ3v) is 3.95. The minimum absolute atomic E-state index is 0.191. The zero-order valence-electron chi connectivity index (χ0n) is 13.4. The van der Waals surface area contributed by atoms with Crippen LogP contribution in [-0.4, -0.2) is 26.3 Å². The van der Waals surface area contributed by atoms with Crippen LogP contribution in [0.4, 0.5) is 0 Å². The number of phenolic OH excluding ortho intramolecular Hbond substituents is 1. The quantitative estimate of drug-likeness (QED) is 0.751. The van der Waals surface area contributed by atoms with Crippen molar-refractivity contribution < 1.29 is 14.4 Å². The van der Waals surface area contributed by atoms with Gasteiger partial charge in [-0.3, -0.25) is 9.48 Å². The lowest BCUT2D eigenvalue weighted by atomic mass is 9.95. The number of nitrogens with zero attached hydrogens (tertiary/aromatic N) is 3. The molecule has 2 aromatic heterocycles. The number of carbonyl (C=O) groups excluding carboxylic acids is 1. The molecule has 118 valence electrons. The highest BCUT2D eigenvalue weighted by molar-refractivity contribution is 5.95. The summed E-state index contributed by atoms with van der Waals surface area (Å²) in [6.07, 6.45) is 0.785. The van der Waals surface area contributed by atoms with Crippen molar-refractivity contribution in [3.05, 3.63) is 40.9 Å². The van der Waals surface area contributed by atoms with E-state index in [-0.39, 0.29) is 5.75 Å². The van der Waals surface area contributed by atoms with Gasteiger partial charge in [-0.1, -0.05) is 5.16 Å². The molecule has 1 N–H and O–H groups in total. The summed E-state index contributed by atoms with van der Waals surface area (Å²) in [6.45, 7) is 5.53.